The summed E-state index contributed by atoms with van der Waals surface area (Å²) in [4.78, 5) is 249. The van der Waals surface area contributed by atoms with Gasteiger partial charge in [0.1, 0.15) is 96.1 Å². The molecule has 5 rings (SSSR count). The molecule has 2 aliphatic heterocycles. The first-order valence-corrected chi connectivity index (χ1v) is 44.2. The summed E-state index contributed by atoms with van der Waals surface area (Å²) in [5.74, 6) is -22.5. The van der Waals surface area contributed by atoms with Gasteiger partial charge in [-0.2, -0.15) is 25.3 Å². The summed E-state index contributed by atoms with van der Waals surface area (Å²) in [7, 11) is 0. The van der Waals surface area contributed by atoms with E-state index in [2.05, 4.69) is 121 Å². The van der Waals surface area contributed by atoms with Gasteiger partial charge in [0, 0.05) is 50.4 Å². The van der Waals surface area contributed by atoms with Crippen LogP contribution in [0, 0.1) is 16.7 Å². The van der Waals surface area contributed by atoms with Crippen LogP contribution in [0.2, 0.25) is 0 Å². The number of nitrogens with zero attached hydrogens (tertiary/aromatic N) is 1. The summed E-state index contributed by atoms with van der Waals surface area (Å²) < 4.78 is 0. The van der Waals surface area contributed by atoms with Crippen molar-refractivity contribution >= 4 is 144 Å². The number of carboxylic acid groups (broad SMARTS) is 2. The number of thiol groups is 2. The number of benzene rings is 3. The molecule has 2 aliphatic rings. The van der Waals surface area contributed by atoms with Gasteiger partial charge in [0.25, 0.3) is 0 Å². The van der Waals surface area contributed by atoms with Crippen molar-refractivity contribution in [3.8, 4) is 11.5 Å². The Morgan fingerprint density at radius 2 is 0.843 bits per heavy atom. The highest BCUT2D eigenvalue weighted by Crippen LogP contribution is 2.22. The largest absolute Gasteiger partial charge is 0.508 e. The van der Waals surface area contributed by atoms with Crippen LogP contribution >= 0.6 is 25.3 Å². The summed E-state index contributed by atoms with van der Waals surface area (Å²) in [6.07, 6.45) is -4.93. The maximum absolute atomic E-state index is 14.6. The molecular formula is C83H123N23O26S2. The van der Waals surface area contributed by atoms with Gasteiger partial charge >= 0.3 is 11.9 Å². The molecule has 0 spiro atoms. The first-order valence-electron chi connectivity index (χ1n) is 43.0. The molecule has 2 heterocycles. The van der Waals surface area contributed by atoms with Gasteiger partial charge in [-0.25, -0.2) is 4.79 Å². The Morgan fingerprint density at radius 3 is 1.31 bits per heavy atom. The SMILES string of the molecule is CC(C)C[C@H](NC(=O)[C@H](Cc1ccccc1)NC(=O)[C@H](Cc1ccc(O)cc1)NC(=O)[C@H](CCCNC(=N)N)NC(=O)[C@H](CS)NC(=O)[C@H](CO)NC(=O)CNC(=O)[C@@H](NC(=O)[C@H](Cc1ccc(O)cc1)NC(=O)CNC(=O)[C@H](CCCNC(=N)N)NC(=O)[C@H](CC(=O)O)NC(=O)[C@@H](NC(=O)[C@@H]1CCCN1C(=O)[C@H](CS)NC(=O)[C@H](CO)NC(=O)[C@@H]1CCCN1)[C@@H](C)O)[C@@H](C)O)C(=O)O. The molecule has 134 heavy (non-hydrogen) atoms. The number of likely N-dealkylation sites (tertiary alicyclic amines) is 1. The molecule has 0 radical (unpaired) electrons. The van der Waals surface area contributed by atoms with Gasteiger partial charge in [-0.15, -0.1) is 0 Å². The summed E-state index contributed by atoms with van der Waals surface area (Å²) >= 11 is 8.42. The number of carboxylic acids is 2. The normalized spacial score (nSPS) is 16.7. The number of hydrogen-bond donors (Lipinski definition) is 32. The molecule has 0 aromatic heterocycles. The molecule has 2 fully saturated rings. The lowest BCUT2D eigenvalue weighted by molar-refractivity contribution is -0.143. The minimum absolute atomic E-state index is 0.00881. The van der Waals surface area contributed by atoms with Crippen molar-refractivity contribution in [1.29, 1.82) is 10.8 Å². The van der Waals surface area contributed by atoms with Crippen molar-refractivity contribution in [2.45, 2.75) is 214 Å². The molecule has 49 nitrogen and oxygen atoms in total. The monoisotopic (exact) mass is 1920 g/mol. The van der Waals surface area contributed by atoms with Gasteiger partial charge in [0.2, 0.25) is 94.5 Å². The van der Waals surface area contributed by atoms with Crippen LogP contribution < -0.4 is 107 Å². The minimum Gasteiger partial charge on any atom is -0.508 e. The Bertz CT molecular complexity index is 4560. The van der Waals surface area contributed by atoms with E-state index in [-0.39, 0.29) is 106 Å². The third kappa shape index (κ3) is 38.2. The summed E-state index contributed by atoms with van der Waals surface area (Å²) in [5.41, 5.74) is 12.1. The number of rotatable bonds is 56. The fourth-order valence-electron chi connectivity index (χ4n) is 13.9. The predicted molar refractivity (Wildman–Crippen MR) is 484 cm³/mol. The van der Waals surface area contributed by atoms with E-state index < -0.39 is 266 Å². The zero-order valence-corrected chi connectivity index (χ0v) is 75.9. The molecule has 16 amide bonds. The highest BCUT2D eigenvalue weighted by atomic mass is 32.1. The van der Waals surface area contributed by atoms with Crippen molar-refractivity contribution < 1.29 is 127 Å². The molecule has 2 saturated heterocycles. The number of phenolic OH excluding ortho intramolecular Hbond substituents is 2. The number of aromatic hydroxyl groups is 2. The summed E-state index contributed by atoms with van der Waals surface area (Å²) in [6.45, 7) is 1.90. The first-order chi connectivity index (χ1) is 63.4. The topological polar surface area (TPSA) is 789 Å². The van der Waals surface area contributed by atoms with Gasteiger partial charge in [0.15, 0.2) is 11.9 Å². The second kappa shape index (κ2) is 56.6. The van der Waals surface area contributed by atoms with Gasteiger partial charge in [0.05, 0.1) is 51.0 Å². The van der Waals surface area contributed by atoms with Gasteiger partial charge < -0.3 is 153 Å². The number of aliphatic hydroxyl groups is 4. The number of aliphatic carboxylic acids is 2. The van der Waals surface area contributed by atoms with E-state index in [1.54, 1.807) is 44.2 Å². The number of nitrogens with one attached hydrogen (secondary N) is 20. The van der Waals surface area contributed by atoms with Crippen LogP contribution in [0.3, 0.4) is 0 Å². The van der Waals surface area contributed by atoms with E-state index in [0.717, 1.165) is 18.7 Å². The Hall–Kier alpha value is -13.2. The Balaban J connectivity index is 1.26. The first kappa shape index (κ1) is 111. The maximum atomic E-state index is 14.6. The third-order valence-electron chi connectivity index (χ3n) is 21.0. The molecule has 32 N–H and O–H groups in total. The second-order valence-electron chi connectivity index (χ2n) is 32.2. The number of carbonyl (C=O) groups excluding carboxylic acids is 16. The third-order valence-corrected chi connectivity index (χ3v) is 21.7. The lowest BCUT2D eigenvalue weighted by Gasteiger charge is -2.31. The fraction of sp³-hybridized carbons (Fsp3) is 0.542. The number of phenols is 2. The van der Waals surface area contributed by atoms with Crippen LogP contribution in [0.15, 0.2) is 78.9 Å². The van der Waals surface area contributed by atoms with Crippen molar-refractivity contribution in [3.05, 3.63) is 95.6 Å². The van der Waals surface area contributed by atoms with Crippen LogP contribution in [0.1, 0.15) is 109 Å². The molecular weight excluding hydrogens is 1800 g/mol. The molecule has 17 atom stereocenters. The van der Waals surface area contributed by atoms with Crippen LogP contribution in [0.5, 0.6) is 11.5 Å². The number of carbonyl (C=O) groups is 18. The highest BCUT2D eigenvalue weighted by Gasteiger charge is 2.43. The zero-order chi connectivity index (χ0) is 99.6. The Labute approximate surface area is 781 Å². The van der Waals surface area contributed by atoms with E-state index >= 15 is 0 Å². The minimum atomic E-state index is -2.09. The Kier molecular flexibility index (Phi) is 47.0. The number of guanidine groups is 2. The van der Waals surface area contributed by atoms with Crippen molar-refractivity contribution in [2.75, 3.05) is 64.0 Å². The van der Waals surface area contributed by atoms with Gasteiger partial charge in [-0.1, -0.05) is 68.4 Å². The number of aliphatic hydroxyl groups excluding tert-OH is 4. The zero-order valence-electron chi connectivity index (χ0n) is 74.1. The smallest absolute Gasteiger partial charge is 0.326 e. The molecule has 3 aromatic carbocycles. The highest BCUT2D eigenvalue weighted by molar-refractivity contribution is 7.80. The molecule has 0 bridgehead atoms. The molecule has 0 aliphatic carbocycles. The average molecular weight is 1920 g/mol. The van der Waals surface area contributed by atoms with E-state index in [1.807, 2.05) is 0 Å². The second-order valence-corrected chi connectivity index (χ2v) is 32.9. The van der Waals surface area contributed by atoms with Gasteiger partial charge in [-0.05, 0) is 125 Å². The van der Waals surface area contributed by atoms with Crippen LogP contribution in [0.4, 0.5) is 0 Å². The number of hydrogen-bond acceptors (Lipinski definition) is 29. The van der Waals surface area contributed by atoms with E-state index in [9.17, 15) is 127 Å². The van der Waals surface area contributed by atoms with Crippen LogP contribution in [0.25, 0.3) is 0 Å². The summed E-state index contributed by atoms with van der Waals surface area (Å²) in [6, 6.07) is -4.83. The maximum Gasteiger partial charge on any atom is 0.326 e. The fourth-order valence-corrected chi connectivity index (χ4v) is 14.4. The van der Waals surface area contributed by atoms with Crippen LogP contribution in [-0.4, -0.2) is 331 Å². The standard InChI is InChI=1S/C83H123N23O26S2/c1-41(2)30-56(81(131)132)100-71(121)53(31-44-12-6-5-7-13-44)98-70(120)54(33-46-20-24-48(112)25-21-46)97-69(119)51(16-10-28-90-83(86)87)96-76(126)59(39-133)102-74(124)57(37-107)94-63(114)36-92-78(128)65(42(3)109)104-73(123)52(32-45-18-22-47(111)23-19-45)93-62(113)35-91-67(117)50(15-9-27-89-82(84)85)95-72(122)55(34-64(115)116)99-79(129)66(43(4)110)105-77(127)61-17-11-29-106(61)80(130)60(40-134)103-75(125)58(38-108)101-68(118)49-14-8-26-88-49/h5-7,12-13,18-25,41-43,49-61,65-66,88,107-112,133-134H,8-11,14-17,26-40H2,1-4H3,(H,91,117)(H,92,128)(H,93,113)(H,94,114)(H,95,122)(H,96,126)(H,97,119)(H,98,120)(H,99,129)(H,100,121)(H,101,118)(H,102,124)(H,103,125)(H,104,123)(H,105,127)(H,115,116)(H,131,132)(H4,84,85,89)(H4,86,87,90)/t42-,43-,49+,50+,51+,52+,53+,54+,55+,56+,57+,58+,59+,60+,61+,65+,66+/m1/s1. The van der Waals surface area contributed by atoms with Crippen molar-refractivity contribution in [3.63, 3.8) is 0 Å². The molecule has 0 saturated carbocycles. The quantitative estimate of drug-likeness (QED) is 0.0108. The molecule has 3 aromatic rings. The van der Waals surface area contributed by atoms with E-state index in [4.69, 9.17) is 22.3 Å². The van der Waals surface area contributed by atoms with E-state index in [1.165, 1.54) is 48.5 Å². The molecule has 0 unspecified atom stereocenters. The van der Waals surface area contributed by atoms with Crippen molar-refractivity contribution in [1.82, 2.24) is 101 Å². The predicted octanol–water partition coefficient (Wildman–Crippen LogP) is -9.86. The van der Waals surface area contributed by atoms with Crippen LogP contribution in [-0.2, 0) is 106 Å². The lowest BCUT2D eigenvalue weighted by Crippen LogP contribution is -2.62. The Morgan fingerprint density at radius 1 is 0.440 bits per heavy atom. The molecule has 51 heteroatoms. The number of nitrogens with two attached hydrogens (primary N) is 2. The van der Waals surface area contributed by atoms with Crippen molar-refractivity contribution in [2.24, 2.45) is 17.4 Å². The van der Waals surface area contributed by atoms with E-state index in [0.29, 0.717) is 30.5 Å². The average Bonchev–Trinajstić information content (AvgIpc) is 1.65. The number of amides is 16. The summed E-state index contributed by atoms with van der Waals surface area (Å²) in [5, 5.41) is 141. The lowest BCUT2D eigenvalue weighted by atomic mass is 10.00. The molecule has 738 valence electrons. The van der Waals surface area contributed by atoms with Gasteiger partial charge in [-0.3, -0.25) is 92.3 Å².